The number of carbonyl (C=O) groups excluding carboxylic acids is 1. The molecule has 0 radical (unpaired) electrons. The Hall–Kier alpha value is -1.62. The van der Waals surface area contributed by atoms with Crippen molar-refractivity contribution >= 4 is 29.1 Å². The smallest absolute Gasteiger partial charge is 0.253 e. The van der Waals surface area contributed by atoms with Crippen LogP contribution in [0.1, 0.15) is 21.5 Å². The highest BCUT2D eigenvalue weighted by molar-refractivity contribution is 6.41. The van der Waals surface area contributed by atoms with Gasteiger partial charge in [-0.1, -0.05) is 47.5 Å². The van der Waals surface area contributed by atoms with E-state index in [1.165, 1.54) is 12.3 Å². The maximum absolute atomic E-state index is 11.9. The van der Waals surface area contributed by atoms with Crippen LogP contribution in [0.5, 0.6) is 0 Å². The lowest BCUT2D eigenvalue weighted by atomic mass is 10.1. The Morgan fingerprint density at radius 3 is 2.45 bits per heavy atom. The van der Waals surface area contributed by atoms with Crippen LogP contribution in [0, 0.1) is 0 Å². The molecule has 2 rings (SSSR count). The first-order chi connectivity index (χ1) is 9.60. The van der Waals surface area contributed by atoms with Crippen molar-refractivity contribution in [3.63, 3.8) is 0 Å². The van der Waals surface area contributed by atoms with E-state index in [0.717, 1.165) is 11.1 Å². The molecular weight excluding hydrogens is 299 g/mol. The summed E-state index contributed by atoms with van der Waals surface area (Å²) < 4.78 is 0. The number of nitrogens with zero attached hydrogens (tertiary/aromatic N) is 1. The molecule has 0 spiro atoms. The highest BCUT2D eigenvalue weighted by Gasteiger charge is 2.08. The first-order valence-corrected chi connectivity index (χ1v) is 6.63. The van der Waals surface area contributed by atoms with Crippen molar-refractivity contribution in [1.29, 1.82) is 0 Å². The number of rotatable bonds is 4. The SMILES string of the molecule is O=C(NCc1ccc(CO)cc1)c1cnc(Cl)c(Cl)c1. The van der Waals surface area contributed by atoms with Crippen molar-refractivity contribution in [2.75, 3.05) is 0 Å². The van der Waals surface area contributed by atoms with Crippen molar-refractivity contribution in [1.82, 2.24) is 10.3 Å². The zero-order chi connectivity index (χ0) is 14.5. The second-order valence-electron chi connectivity index (χ2n) is 4.15. The molecular formula is C14H12Cl2N2O2. The largest absolute Gasteiger partial charge is 0.392 e. The molecule has 0 fully saturated rings. The molecule has 1 heterocycles. The predicted molar refractivity (Wildman–Crippen MR) is 77.8 cm³/mol. The van der Waals surface area contributed by atoms with Gasteiger partial charge in [-0.3, -0.25) is 4.79 Å². The molecule has 2 aromatic rings. The van der Waals surface area contributed by atoms with Gasteiger partial charge >= 0.3 is 0 Å². The molecule has 0 saturated carbocycles. The molecule has 4 nitrogen and oxygen atoms in total. The van der Waals surface area contributed by atoms with Gasteiger partial charge in [0.15, 0.2) is 0 Å². The van der Waals surface area contributed by atoms with E-state index < -0.39 is 0 Å². The summed E-state index contributed by atoms with van der Waals surface area (Å²) in [5, 5.41) is 12.1. The number of aliphatic hydroxyl groups excluding tert-OH is 1. The van der Waals surface area contributed by atoms with E-state index in [1.807, 2.05) is 24.3 Å². The summed E-state index contributed by atoms with van der Waals surface area (Å²) in [4.78, 5) is 15.7. The van der Waals surface area contributed by atoms with Gasteiger partial charge in [0, 0.05) is 12.7 Å². The molecule has 0 atom stereocenters. The summed E-state index contributed by atoms with van der Waals surface area (Å²) in [6, 6.07) is 8.78. The Morgan fingerprint density at radius 2 is 1.85 bits per heavy atom. The quantitative estimate of drug-likeness (QED) is 0.854. The lowest BCUT2D eigenvalue weighted by Gasteiger charge is -2.06. The highest BCUT2D eigenvalue weighted by Crippen LogP contribution is 2.19. The summed E-state index contributed by atoms with van der Waals surface area (Å²) in [5.41, 5.74) is 2.11. The highest BCUT2D eigenvalue weighted by atomic mass is 35.5. The first kappa shape index (κ1) is 14.8. The van der Waals surface area contributed by atoms with Crippen molar-refractivity contribution in [2.24, 2.45) is 0 Å². The zero-order valence-electron chi connectivity index (χ0n) is 10.4. The number of amides is 1. The van der Waals surface area contributed by atoms with Crippen LogP contribution in [0.25, 0.3) is 0 Å². The maximum atomic E-state index is 11.9. The van der Waals surface area contributed by atoms with Gasteiger partial charge in [0.1, 0.15) is 5.15 Å². The minimum absolute atomic E-state index is 0.00157. The van der Waals surface area contributed by atoms with Crippen molar-refractivity contribution in [2.45, 2.75) is 13.2 Å². The Balaban J connectivity index is 1.98. The molecule has 0 saturated heterocycles. The molecule has 20 heavy (non-hydrogen) atoms. The fourth-order valence-electron chi connectivity index (χ4n) is 1.59. The average molecular weight is 311 g/mol. The van der Waals surface area contributed by atoms with E-state index in [-0.39, 0.29) is 22.7 Å². The summed E-state index contributed by atoms with van der Waals surface area (Å²) >= 11 is 11.5. The Labute approximate surface area is 126 Å². The molecule has 0 aliphatic carbocycles. The van der Waals surface area contributed by atoms with Crippen LogP contribution in [0.4, 0.5) is 0 Å². The first-order valence-electron chi connectivity index (χ1n) is 5.88. The van der Waals surface area contributed by atoms with E-state index in [2.05, 4.69) is 10.3 Å². The average Bonchev–Trinajstić information content (AvgIpc) is 2.48. The minimum atomic E-state index is -0.276. The monoisotopic (exact) mass is 310 g/mol. The predicted octanol–water partition coefficient (Wildman–Crippen LogP) is 2.81. The topological polar surface area (TPSA) is 62.2 Å². The number of hydrogen-bond donors (Lipinski definition) is 2. The summed E-state index contributed by atoms with van der Waals surface area (Å²) in [6.45, 7) is 0.381. The maximum Gasteiger partial charge on any atom is 0.253 e. The number of aliphatic hydroxyl groups is 1. The standard InChI is InChI=1S/C14H12Cl2N2O2/c15-12-5-11(7-17-13(12)16)14(20)18-6-9-1-3-10(8-19)4-2-9/h1-5,7,19H,6,8H2,(H,18,20). The summed E-state index contributed by atoms with van der Waals surface area (Å²) in [7, 11) is 0. The molecule has 0 aliphatic heterocycles. The van der Waals surface area contributed by atoms with Crippen LogP contribution in [-0.2, 0) is 13.2 Å². The number of nitrogens with one attached hydrogen (secondary N) is 1. The second kappa shape index (κ2) is 6.70. The third kappa shape index (κ3) is 3.70. The molecule has 1 aromatic carbocycles. The molecule has 0 bridgehead atoms. The molecule has 6 heteroatoms. The molecule has 104 valence electrons. The van der Waals surface area contributed by atoms with Gasteiger partial charge in [0.05, 0.1) is 17.2 Å². The number of halogens is 2. The lowest BCUT2D eigenvalue weighted by Crippen LogP contribution is -2.22. The van der Waals surface area contributed by atoms with Crippen LogP contribution in [0.2, 0.25) is 10.2 Å². The molecule has 0 aliphatic rings. The van der Waals surface area contributed by atoms with E-state index in [4.69, 9.17) is 28.3 Å². The number of aromatic nitrogens is 1. The van der Waals surface area contributed by atoms with E-state index in [9.17, 15) is 4.79 Å². The van der Waals surface area contributed by atoms with Crippen LogP contribution in [-0.4, -0.2) is 16.0 Å². The minimum Gasteiger partial charge on any atom is -0.392 e. The molecule has 0 unspecified atom stereocenters. The van der Waals surface area contributed by atoms with Crippen molar-refractivity contribution < 1.29 is 9.90 Å². The third-order valence-corrected chi connectivity index (χ3v) is 3.40. The van der Waals surface area contributed by atoms with E-state index in [1.54, 1.807) is 0 Å². The number of hydrogen-bond acceptors (Lipinski definition) is 3. The summed E-state index contributed by atoms with van der Waals surface area (Å²) in [5.74, 6) is -0.276. The van der Waals surface area contributed by atoms with Gasteiger partial charge in [0.2, 0.25) is 0 Å². The van der Waals surface area contributed by atoms with Crippen LogP contribution < -0.4 is 5.32 Å². The van der Waals surface area contributed by atoms with E-state index >= 15 is 0 Å². The fourth-order valence-corrected chi connectivity index (χ4v) is 1.86. The Bertz CT molecular complexity index is 615. The molecule has 1 amide bonds. The zero-order valence-corrected chi connectivity index (χ0v) is 11.9. The van der Waals surface area contributed by atoms with Crippen LogP contribution in [0.3, 0.4) is 0 Å². The molecule has 1 aromatic heterocycles. The number of benzene rings is 1. The van der Waals surface area contributed by atoms with Crippen LogP contribution >= 0.6 is 23.2 Å². The number of carbonyl (C=O) groups is 1. The van der Waals surface area contributed by atoms with Gasteiger partial charge in [-0.05, 0) is 17.2 Å². The normalized spacial score (nSPS) is 10.3. The Morgan fingerprint density at radius 1 is 1.20 bits per heavy atom. The molecule has 2 N–H and O–H groups in total. The van der Waals surface area contributed by atoms with E-state index in [0.29, 0.717) is 12.1 Å². The Kier molecular flexibility index (Phi) is 4.95. The van der Waals surface area contributed by atoms with Crippen LogP contribution in [0.15, 0.2) is 36.5 Å². The van der Waals surface area contributed by atoms with Gasteiger partial charge in [-0.25, -0.2) is 4.98 Å². The van der Waals surface area contributed by atoms with Crippen molar-refractivity contribution in [3.05, 3.63) is 63.4 Å². The van der Waals surface area contributed by atoms with Gasteiger partial charge < -0.3 is 10.4 Å². The lowest BCUT2D eigenvalue weighted by molar-refractivity contribution is 0.0950. The number of pyridine rings is 1. The second-order valence-corrected chi connectivity index (χ2v) is 4.92. The van der Waals surface area contributed by atoms with Gasteiger partial charge in [0.25, 0.3) is 5.91 Å². The van der Waals surface area contributed by atoms with Gasteiger partial charge in [-0.2, -0.15) is 0 Å². The summed E-state index contributed by atoms with van der Waals surface area (Å²) in [6.07, 6.45) is 1.37. The third-order valence-electron chi connectivity index (χ3n) is 2.72. The fraction of sp³-hybridized carbons (Fsp3) is 0.143. The van der Waals surface area contributed by atoms with Crippen molar-refractivity contribution in [3.8, 4) is 0 Å². The van der Waals surface area contributed by atoms with Gasteiger partial charge in [-0.15, -0.1) is 0 Å².